The van der Waals surface area contributed by atoms with Crippen LogP contribution < -0.4 is 15.7 Å². The zero-order valence-corrected chi connectivity index (χ0v) is 16.3. The van der Waals surface area contributed by atoms with Crippen LogP contribution in [0.4, 0.5) is 5.69 Å². The van der Waals surface area contributed by atoms with E-state index in [2.05, 4.69) is 15.6 Å². The molecule has 1 atom stereocenters. The van der Waals surface area contributed by atoms with E-state index in [1.54, 1.807) is 30.5 Å². The van der Waals surface area contributed by atoms with Gasteiger partial charge in [0, 0.05) is 23.5 Å². The number of carbonyl (C=O) groups excluding carboxylic acids is 3. The lowest BCUT2D eigenvalue weighted by Crippen LogP contribution is -2.49. The zero-order chi connectivity index (χ0) is 21.8. The quantitative estimate of drug-likeness (QED) is 0.425. The van der Waals surface area contributed by atoms with Crippen LogP contribution in [0.2, 0.25) is 0 Å². The van der Waals surface area contributed by atoms with Gasteiger partial charge in [-0.2, -0.15) is 0 Å². The van der Waals surface area contributed by atoms with Crippen LogP contribution in [-0.4, -0.2) is 28.8 Å². The Kier molecular flexibility index (Phi) is 5.53. The molecule has 0 spiro atoms. The van der Waals surface area contributed by atoms with Crippen LogP contribution in [0.3, 0.4) is 0 Å². The van der Waals surface area contributed by atoms with Gasteiger partial charge in [0.25, 0.3) is 11.8 Å². The molecule has 0 aliphatic rings. The molecule has 3 N–H and O–H groups in total. The van der Waals surface area contributed by atoms with E-state index in [0.29, 0.717) is 0 Å². The average Bonchev–Trinajstić information content (AvgIpc) is 3.44. The molecular formula is C23H18N3O5-. The molecule has 1 unspecified atom stereocenters. The molecule has 0 aliphatic heterocycles. The summed E-state index contributed by atoms with van der Waals surface area (Å²) in [6, 6.07) is 15.6. The number of aliphatic carboxylic acids is 1. The highest BCUT2D eigenvalue weighted by Crippen LogP contribution is 2.20. The van der Waals surface area contributed by atoms with E-state index in [0.717, 1.165) is 16.5 Å². The first-order chi connectivity index (χ1) is 15.0. The minimum atomic E-state index is -1.41. The van der Waals surface area contributed by atoms with Crippen LogP contribution in [0.15, 0.2) is 77.5 Å². The van der Waals surface area contributed by atoms with Crippen molar-refractivity contribution in [2.75, 3.05) is 5.32 Å². The van der Waals surface area contributed by atoms with Crippen molar-refractivity contribution < 1.29 is 23.9 Å². The molecule has 4 rings (SSSR count). The number of carboxylic acid groups (broad SMARTS) is 1. The Morgan fingerprint density at radius 1 is 0.968 bits per heavy atom. The van der Waals surface area contributed by atoms with E-state index in [1.165, 1.54) is 18.4 Å². The first-order valence-electron chi connectivity index (χ1n) is 9.53. The van der Waals surface area contributed by atoms with Gasteiger partial charge in [-0.25, -0.2) is 0 Å². The van der Waals surface area contributed by atoms with Gasteiger partial charge in [0.1, 0.15) is 0 Å². The normalized spacial score (nSPS) is 11.7. The molecule has 0 saturated carbocycles. The number of aromatic amines is 1. The monoisotopic (exact) mass is 416 g/mol. The summed E-state index contributed by atoms with van der Waals surface area (Å²) in [5.41, 5.74) is 1.95. The minimum Gasteiger partial charge on any atom is -0.548 e. The maximum Gasteiger partial charge on any atom is 0.291 e. The number of carbonyl (C=O) groups is 3. The summed E-state index contributed by atoms with van der Waals surface area (Å²) in [7, 11) is 0. The van der Waals surface area contributed by atoms with E-state index in [1.807, 2.05) is 24.3 Å². The van der Waals surface area contributed by atoms with Gasteiger partial charge >= 0.3 is 0 Å². The maximum absolute atomic E-state index is 12.9. The lowest BCUT2D eigenvalue weighted by atomic mass is 10.0. The van der Waals surface area contributed by atoms with Crippen molar-refractivity contribution in [1.82, 2.24) is 10.3 Å². The van der Waals surface area contributed by atoms with Gasteiger partial charge in [-0.3, -0.25) is 9.59 Å². The van der Waals surface area contributed by atoms with E-state index < -0.39 is 23.8 Å². The van der Waals surface area contributed by atoms with Gasteiger partial charge in [-0.05, 0) is 35.9 Å². The molecule has 2 amide bonds. The Bertz CT molecular complexity index is 1240. The molecule has 8 nitrogen and oxygen atoms in total. The second-order valence-electron chi connectivity index (χ2n) is 6.89. The van der Waals surface area contributed by atoms with E-state index >= 15 is 0 Å². The maximum atomic E-state index is 12.9. The van der Waals surface area contributed by atoms with Crippen LogP contribution in [0, 0.1) is 0 Å². The topological polar surface area (TPSA) is 127 Å². The molecule has 156 valence electrons. The number of aromatic nitrogens is 1. The van der Waals surface area contributed by atoms with Crippen LogP contribution in [-0.2, 0) is 11.2 Å². The fourth-order valence-corrected chi connectivity index (χ4v) is 3.33. The molecule has 0 aliphatic carbocycles. The van der Waals surface area contributed by atoms with Crippen molar-refractivity contribution >= 4 is 34.4 Å². The van der Waals surface area contributed by atoms with Crippen molar-refractivity contribution in [3.05, 3.63) is 90.0 Å². The molecule has 2 aromatic heterocycles. The highest BCUT2D eigenvalue weighted by atomic mass is 16.4. The number of rotatable bonds is 7. The first kappa shape index (κ1) is 20.0. The van der Waals surface area contributed by atoms with Crippen LogP contribution in [0.5, 0.6) is 0 Å². The molecule has 2 aromatic carbocycles. The third-order valence-electron chi connectivity index (χ3n) is 4.85. The van der Waals surface area contributed by atoms with E-state index in [9.17, 15) is 19.5 Å². The third-order valence-corrected chi connectivity index (χ3v) is 4.85. The predicted molar refractivity (Wildman–Crippen MR) is 111 cm³/mol. The lowest BCUT2D eigenvalue weighted by Gasteiger charge is -2.20. The minimum absolute atomic E-state index is 0.0407. The fourth-order valence-electron chi connectivity index (χ4n) is 3.33. The second kappa shape index (κ2) is 8.58. The third kappa shape index (κ3) is 4.32. The fraction of sp³-hybridized carbons (Fsp3) is 0.0870. The van der Waals surface area contributed by atoms with Crippen molar-refractivity contribution in [3.63, 3.8) is 0 Å². The molecule has 2 heterocycles. The highest BCUT2D eigenvalue weighted by molar-refractivity contribution is 6.08. The number of fused-ring (bicyclic) bond motifs is 1. The summed E-state index contributed by atoms with van der Waals surface area (Å²) >= 11 is 0. The van der Waals surface area contributed by atoms with E-state index in [-0.39, 0.29) is 23.4 Å². The largest absolute Gasteiger partial charge is 0.548 e. The first-order valence-corrected chi connectivity index (χ1v) is 9.53. The summed E-state index contributed by atoms with van der Waals surface area (Å²) in [4.78, 5) is 39.9. The van der Waals surface area contributed by atoms with Crippen molar-refractivity contribution in [3.8, 4) is 0 Å². The van der Waals surface area contributed by atoms with Gasteiger partial charge in [0.05, 0.1) is 29.5 Å². The lowest BCUT2D eigenvalue weighted by molar-refractivity contribution is -0.308. The molecule has 0 fully saturated rings. The van der Waals surface area contributed by atoms with Crippen molar-refractivity contribution in [2.45, 2.75) is 12.5 Å². The smallest absolute Gasteiger partial charge is 0.291 e. The number of H-pyrrole nitrogens is 1. The summed E-state index contributed by atoms with van der Waals surface area (Å²) < 4.78 is 5.06. The predicted octanol–water partition coefficient (Wildman–Crippen LogP) is 2.10. The number of furan rings is 1. The Hall–Kier alpha value is -4.33. The van der Waals surface area contributed by atoms with Crippen molar-refractivity contribution in [2.24, 2.45) is 0 Å². The molecule has 8 heteroatoms. The SMILES string of the molecule is O=C(Nc1ccccc1C(=O)NC(Cc1c[nH]c2ccccc12)C(=O)[O-])c1ccco1. The average molecular weight is 416 g/mol. The summed E-state index contributed by atoms with van der Waals surface area (Å²) in [5, 5.41) is 17.7. The number of carboxylic acids is 1. The van der Waals surface area contributed by atoms with E-state index in [4.69, 9.17) is 4.42 Å². The van der Waals surface area contributed by atoms with Gasteiger partial charge in [-0.1, -0.05) is 30.3 Å². The van der Waals surface area contributed by atoms with Gasteiger partial charge in [-0.15, -0.1) is 0 Å². The van der Waals surface area contributed by atoms with Crippen LogP contribution >= 0.6 is 0 Å². The molecular weight excluding hydrogens is 398 g/mol. The summed E-state index contributed by atoms with van der Waals surface area (Å²) in [5.74, 6) is -2.50. The van der Waals surface area contributed by atoms with Crippen molar-refractivity contribution in [1.29, 1.82) is 0 Å². The Morgan fingerprint density at radius 3 is 2.52 bits per heavy atom. The van der Waals surface area contributed by atoms with Gasteiger partial charge in [0.2, 0.25) is 0 Å². The summed E-state index contributed by atoms with van der Waals surface area (Å²) in [6.07, 6.45) is 3.12. The molecule has 31 heavy (non-hydrogen) atoms. The number of para-hydroxylation sites is 2. The second-order valence-corrected chi connectivity index (χ2v) is 6.89. The number of nitrogens with one attached hydrogen (secondary N) is 3. The molecule has 0 radical (unpaired) electrons. The number of hydrogen-bond acceptors (Lipinski definition) is 5. The molecule has 4 aromatic rings. The molecule has 0 saturated heterocycles. The number of hydrogen-bond donors (Lipinski definition) is 3. The Morgan fingerprint density at radius 2 is 1.74 bits per heavy atom. The van der Waals surface area contributed by atoms with Crippen LogP contribution in [0.1, 0.15) is 26.5 Å². The van der Waals surface area contributed by atoms with Gasteiger partial charge < -0.3 is 29.9 Å². The molecule has 0 bridgehead atoms. The number of benzene rings is 2. The number of anilines is 1. The Balaban J connectivity index is 1.53. The summed E-state index contributed by atoms with van der Waals surface area (Å²) in [6.45, 7) is 0. The zero-order valence-electron chi connectivity index (χ0n) is 16.3. The highest BCUT2D eigenvalue weighted by Gasteiger charge is 2.20. The van der Waals surface area contributed by atoms with Gasteiger partial charge in [0.15, 0.2) is 5.76 Å². The standard InChI is InChI=1S/C23H19N3O5/c27-21(16-7-2-4-9-18(16)25-22(28)20-10-5-11-31-20)26-19(23(29)30)12-14-13-24-17-8-3-1-6-15(14)17/h1-11,13,19,24H,12H2,(H,25,28)(H,26,27)(H,29,30)/p-1. The number of amides is 2. The van der Waals surface area contributed by atoms with Crippen LogP contribution in [0.25, 0.3) is 10.9 Å². The Labute approximate surface area is 176 Å².